The van der Waals surface area contributed by atoms with E-state index in [4.69, 9.17) is 11.6 Å². The summed E-state index contributed by atoms with van der Waals surface area (Å²) in [5.74, 6) is 0.0620. The number of carbonyl (C=O) groups excluding carboxylic acids is 2. The SMILES string of the molecule is C[C@@H](Cl)C(=O)N1CCC2(CC1)SCC(=O)N2c1ccc(F)cc1. The van der Waals surface area contributed by atoms with Gasteiger partial charge in [0.1, 0.15) is 11.2 Å². The molecule has 4 nitrogen and oxygen atoms in total. The summed E-state index contributed by atoms with van der Waals surface area (Å²) >= 11 is 7.49. The normalized spacial score (nSPS) is 21.8. The zero-order chi connectivity index (χ0) is 16.6. The number of thioether (sulfide) groups is 1. The average Bonchev–Trinajstić information content (AvgIpc) is 2.85. The third-order valence-corrected chi connectivity index (χ3v) is 6.11. The minimum Gasteiger partial charge on any atom is -0.341 e. The van der Waals surface area contributed by atoms with E-state index in [1.807, 2.05) is 0 Å². The number of hydrogen-bond donors (Lipinski definition) is 0. The molecule has 0 bridgehead atoms. The molecule has 0 radical (unpaired) electrons. The first kappa shape index (κ1) is 16.6. The fourth-order valence-corrected chi connectivity index (χ4v) is 4.68. The number of hydrogen-bond acceptors (Lipinski definition) is 3. The highest BCUT2D eigenvalue weighted by molar-refractivity contribution is 8.02. The predicted molar refractivity (Wildman–Crippen MR) is 90.2 cm³/mol. The van der Waals surface area contributed by atoms with E-state index in [0.29, 0.717) is 37.4 Å². The molecule has 2 fully saturated rings. The lowest BCUT2D eigenvalue weighted by atomic mass is 10.0. The molecule has 2 amide bonds. The number of benzene rings is 1. The van der Waals surface area contributed by atoms with Gasteiger partial charge in [0.2, 0.25) is 11.8 Å². The first-order valence-corrected chi connectivity index (χ1v) is 9.01. The monoisotopic (exact) mass is 356 g/mol. The van der Waals surface area contributed by atoms with Crippen LogP contribution in [0.1, 0.15) is 19.8 Å². The fourth-order valence-electron chi connectivity index (χ4n) is 3.22. The summed E-state index contributed by atoms with van der Waals surface area (Å²) in [5, 5.41) is -0.532. The van der Waals surface area contributed by atoms with Gasteiger partial charge >= 0.3 is 0 Å². The first-order chi connectivity index (χ1) is 10.9. The first-order valence-electron chi connectivity index (χ1n) is 7.58. The van der Waals surface area contributed by atoms with Gasteiger partial charge in [0.25, 0.3) is 0 Å². The maximum absolute atomic E-state index is 13.2. The zero-order valence-electron chi connectivity index (χ0n) is 12.8. The van der Waals surface area contributed by atoms with Crippen LogP contribution in [0.25, 0.3) is 0 Å². The summed E-state index contributed by atoms with van der Waals surface area (Å²) < 4.78 is 13.2. The maximum atomic E-state index is 13.2. The molecule has 1 atom stereocenters. The second kappa shape index (κ2) is 6.32. The van der Waals surface area contributed by atoms with Gasteiger partial charge in [-0.1, -0.05) is 0 Å². The second-order valence-corrected chi connectivity index (χ2v) is 7.87. The zero-order valence-corrected chi connectivity index (χ0v) is 14.4. The molecular formula is C16H18ClFN2O2S. The predicted octanol–water partition coefficient (Wildman–Crippen LogP) is 2.85. The fraction of sp³-hybridized carbons (Fsp3) is 0.500. The van der Waals surface area contributed by atoms with E-state index in [9.17, 15) is 14.0 Å². The van der Waals surface area contributed by atoms with Crippen molar-refractivity contribution >= 4 is 40.9 Å². The number of amides is 2. The lowest BCUT2D eigenvalue weighted by Gasteiger charge is -2.44. The molecule has 2 aliphatic rings. The summed E-state index contributed by atoms with van der Waals surface area (Å²) in [6.45, 7) is 2.83. The molecule has 1 spiro atoms. The quantitative estimate of drug-likeness (QED) is 0.765. The van der Waals surface area contributed by atoms with Gasteiger partial charge in [-0.15, -0.1) is 23.4 Å². The molecule has 0 saturated carbocycles. The van der Waals surface area contributed by atoms with Crippen molar-refractivity contribution < 1.29 is 14.0 Å². The van der Waals surface area contributed by atoms with Crippen LogP contribution < -0.4 is 4.90 Å². The average molecular weight is 357 g/mol. The third kappa shape index (κ3) is 3.06. The van der Waals surface area contributed by atoms with Gasteiger partial charge in [-0.25, -0.2) is 4.39 Å². The molecule has 7 heteroatoms. The van der Waals surface area contributed by atoms with Gasteiger partial charge in [-0.2, -0.15) is 0 Å². The van der Waals surface area contributed by atoms with E-state index >= 15 is 0 Å². The molecule has 2 saturated heterocycles. The Morgan fingerprint density at radius 2 is 1.91 bits per heavy atom. The summed E-state index contributed by atoms with van der Waals surface area (Å²) in [7, 11) is 0. The van der Waals surface area contributed by atoms with E-state index in [0.717, 1.165) is 0 Å². The highest BCUT2D eigenvalue weighted by Gasteiger charge is 2.49. The highest BCUT2D eigenvalue weighted by atomic mass is 35.5. The Bertz CT molecular complexity index is 615. The van der Waals surface area contributed by atoms with Crippen molar-refractivity contribution in [1.82, 2.24) is 4.90 Å². The highest BCUT2D eigenvalue weighted by Crippen LogP contribution is 2.46. The number of nitrogens with zero attached hydrogens (tertiary/aromatic N) is 2. The van der Waals surface area contributed by atoms with E-state index in [1.54, 1.807) is 40.6 Å². The lowest BCUT2D eigenvalue weighted by Crippen LogP contribution is -2.54. The summed E-state index contributed by atoms with van der Waals surface area (Å²) in [6.07, 6.45) is 1.38. The van der Waals surface area contributed by atoms with E-state index < -0.39 is 5.38 Å². The van der Waals surface area contributed by atoms with Gasteiger partial charge in [0.15, 0.2) is 0 Å². The van der Waals surface area contributed by atoms with Crippen molar-refractivity contribution in [1.29, 1.82) is 0 Å². The number of piperidine rings is 1. The summed E-state index contributed by atoms with van der Waals surface area (Å²) in [6, 6.07) is 6.01. The molecule has 1 aromatic carbocycles. The summed E-state index contributed by atoms with van der Waals surface area (Å²) in [5.41, 5.74) is 0.715. The van der Waals surface area contributed by atoms with Crippen LogP contribution in [0.2, 0.25) is 0 Å². The van der Waals surface area contributed by atoms with E-state index in [1.165, 1.54) is 12.1 Å². The van der Waals surface area contributed by atoms with Crippen molar-refractivity contribution in [3.63, 3.8) is 0 Å². The van der Waals surface area contributed by atoms with Crippen LogP contribution >= 0.6 is 23.4 Å². The third-order valence-electron chi connectivity index (χ3n) is 4.40. The Kier molecular flexibility index (Phi) is 4.56. The van der Waals surface area contributed by atoms with Crippen molar-refractivity contribution in [2.45, 2.75) is 30.0 Å². The standard InChI is InChI=1S/C16H18ClFN2O2S/c1-11(17)15(22)19-8-6-16(7-9-19)20(14(21)10-23-16)13-4-2-12(18)3-5-13/h2-5,11H,6-10H2,1H3/t11-/m1/s1. The van der Waals surface area contributed by atoms with Gasteiger partial charge in [-0.3, -0.25) is 14.5 Å². The van der Waals surface area contributed by atoms with Gasteiger partial charge in [0.05, 0.1) is 10.6 Å². The molecule has 0 unspecified atom stereocenters. The minimum absolute atomic E-state index is 0.0343. The molecule has 124 valence electrons. The van der Waals surface area contributed by atoms with Gasteiger partial charge < -0.3 is 4.90 Å². The minimum atomic E-state index is -0.532. The molecule has 0 aliphatic carbocycles. The van der Waals surface area contributed by atoms with Crippen LogP contribution in [0, 0.1) is 5.82 Å². The van der Waals surface area contributed by atoms with Crippen LogP contribution in [-0.2, 0) is 9.59 Å². The number of alkyl halides is 1. The second-order valence-electron chi connectivity index (χ2n) is 5.88. The Morgan fingerprint density at radius 1 is 1.30 bits per heavy atom. The molecule has 0 N–H and O–H groups in total. The van der Waals surface area contributed by atoms with Crippen LogP contribution in [0.15, 0.2) is 24.3 Å². The molecule has 3 rings (SSSR count). The Morgan fingerprint density at radius 3 is 2.48 bits per heavy atom. The largest absolute Gasteiger partial charge is 0.341 e. The lowest BCUT2D eigenvalue weighted by molar-refractivity contribution is -0.131. The van der Waals surface area contributed by atoms with Gasteiger partial charge in [-0.05, 0) is 44.0 Å². The molecule has 1 aromatic rings. The van der Waals surface area contributed by atoms with E-state index in [-0.39, 0.29) is 22.5 Å². The van der Waals surface area contributed by atoms with Crippen molar-refractivity contribution in [2.75, 3.05) is 23.7 Å². The van der Waals surface area contributed by atoms with Gasteiger partial charge in [0, 0.05) is 18.8 Å². The van der Waals surface area contributed by atoms with Crippen LogP contribution in [0.3, 0.4) is 0 Å². The van der Waals surface area contributed by atoms with Crippen molar-refractivity contribution in [3.8, 4) is 0 Å². The number of carbonyl (C=O) groups is 2. The molecule has 0 aromatic heterocycles. The smallest absolute Gasteiger partial charge is 0.240 e. The maximum Gasteiger partial charge on any atom is 0.240 e. The van der Waals surface area contributed by atoms with Crippen molar-refractivity contribution in [3.05, 3.63) is 30.1 Å². The molecule has 23 heavy (non-hydrogen) atoms. The van der Waals surface area contributed by atoms with Crippen LogP contribution in [0.5, 0.6) is 0 Å². The van der Waals surface area contributed by atoms with Crippen LogP contribution in [0.4, 0.5) is 10.1 Å². The molecule has 2 aliphatic heterocycles. The molecular weight excluding hydrogens is 339 g/mol. The number of likely N-dealkylation sites (tertiary alicyclic amines) is 1. The van der Waals surface area contributed by atoms with E-state index in [2.05, 4.69) is 0 Å². The topological polar surface area (TPSA) is 40.6 Å². The summed E-state index contributed by atoms with van der Waals surface area (Å²) in [4.78, 5) is 27.6. The number of halogens is 2. The Balaban J connectivity index is 1.80. The Hall–Kier alpha value is -1.27. The van der Waals surface area contributed by atoms with Crippen LogP contribution in [-0.4, -0.2) is 45.8 Å². The Labute approximate surface area is 144 Å². The molecule has 2 heterocycles. The number of rotatable bonds is 2. The van der Waals surface area contributed by atoms with Crippen molar-refractivity contribution in [2.24, 2.45) is 0 Å². The number of anilines is 1.